The van der Waals surface area contributed by atoms with E-state index in [1.54, 1.807) is 4.90 Å². The number of hydrogen-bond donors (Lipinski definition) is 0. The molecular weight excluding hydrogens is 324 g/mol. The Morgan fingerprint density at radius 2 is 1.77 bits per heavy atom. The molecule has 0 N–H and O–H groups in total. The van der Waals surface area contributed by atoms with E-state index in [-0.39, 0.29) is 12.7 Å². The third-order valence-electron chi connectivity index (χ3n) is 4.51. The molecule has 134 valence electrons. The van der Waals surface area contributed by atoms with Crippen LogP contribution in [0.15, 0.2) is 48.5 Å². The Bertz CT molecular complexity index is 813. The van der Waals surface area contributed by atoms with Gasteiger partial charge in [-0.05, 0) is 37.6 Å². The molecule has 0 saturated carbocycles. The Labute approximate surface area is 155 Å². The lowest BCUT2D eigenvalue weighted by atomic mass is 10.1. The highest BCUT2D eigenvalue weighted by molar-refractivity contribution is 5.68. The van der Waals surface area contributed by atoms with Gasteiger partial charge in [0.15, 0.2) is 6.61 Å². The molecule has 4 heteroatoms. The normalized spacial score (nSPS) is 13.8. The van der Waals surface area contributed by atoms with E-state index in [1.807, 2.05) is 30.3 Å². The number of carbonyl (C=O) groups is 1. The zero-order valence-electron chi connectivity index (χ0n) is 15.4. The van der Waals surface area contributed by atoms with Gasteiger partial charge in [-0.1, -0.05) is 47.7 Å². The summed E-state index contributed by atoms with van der Waals surface area (Å²) in [6.07, 6.45) is -0.285. The monoisotopic (exact) mass is 348 g/mol. The Kier molecular flexibility index (Phi) is 5.80. The zero-order valence-corrected chi connectivity index (χ0v) is 15.4. The summed E-state index contributed by atoms with van der Waals surface area (Å²) >= 11 is 0. The maximum atomic E-state index is 12.2. The van der Waals surface area contributed by atoms with Crippen LogP contribution in [0.25, 0.3) is 0 Å². The van der Waals surface area contributed by atoms with Gasteiger partial charge < -0.3 is 14.5 Å². The van der Waals surface area contributed by atoms with Crippen molar-refractivity contribution >= 4 is 11.8 Å². The van der Waals surface area contributed by atoms with Gasteiger partial charge in [-0.3, -0.25) is 0 Å². The molecule has 0 aliphatic carbocycles. The average Bonchev–Trinajstić information content (AvgIpc) is 2.66. The molecule has 1 heterocycles. The van der Waals surface area contributed by atoms with Crippen molar-refractivity contribution in [3.63, 3.8) is 0 Å². The summed E-state index contributed by atoms with van der Waals surface area (Å²) in [6.45, 7) is 7.31. The van der Waals surface area contributed by atoms with Crippen LogP contribution < -0.4 is 4.90 Å². The molecule has 26 heavy (non-hydrogen) atoms. The standard InChI is InChI=1S/C22H24N2O2/c1-18-10-11-21(19(2)17-18)23-12-14-24(15-13-23)22(25)26-16-6-9-20-7-4-3-5-8-20/h3-5,7-8,10-11,17H,12-16H2,1-2H3. The summed E-state index contributed by atoms with van der Waals surface area (Å²) in [5, 5.41) is 0. The third-order valence-corrected chi connectivity index (χ3v) is 4.51. The van der Waals surface area contributed by atoms with Crippen molar-refractivity contribution in [1.82, 2.24) is 4.90 Å². The third kappa shape index (κ3) is 4.58. The zero-order chi connectivity index (χ0) is 18.4. The summed E-state index contributed by atoms with van der Waals surface area (Å²) < 4.78 is 5.28. The lowest BCUT2D eigenvalue weighted by Crippen LogP contribution is -2.49. The van der Waals surface area contributed by atoms with Crippen LogP contribution in [0.3, 0.4) is 0 Å². The molecule has 2 aromatic carbocycles. The first kappa shape index (κ1) is 17.9. The highest BCUT2D eigenvalue weighted by Crippen LogP contribution is 2.22. The summed E-state index contributed by atoms with van der Waals surface area (Å²) in [6, 6.07) is 16.2. The van der Waals surface area contributed by atoms with Gasteiger partial charge in [-0.15, -0.1) is 0 Å². The second kappa shape index (κ2) is 8.44. The molecule has 0 radical (unpaired) electrons. The number of aryl methyl sites for hydroxylation is 2. The van der Waals surface area contributed by atoms with E-state index in [9.17, 15) is 4.79 Å². The Hall–Kier alpha value is -2.93. The van der Waals surface area contributed by atoms with Crippen molar-refractivity contribution in [2.45, 2.75) is 13.8 Å². The Balaban J connectivity index is 1.47. The summed E-state index contributed by atoms with van der Waals surface area (Å²) in [7, 11) is 0. The first-order chi connectivity index (χ1) is 12.6. The first-order valence-electron chi connectivity index (χ1n) is 8.91. The number of carbonyl (C=O) groups excluding carboxylic acids is 1. The lowest BCUT2D eigenvalue weighted by molar-refractivity contribution is 0.111. The fourth-order valence-corrected chi connectivity index (χ4v) is 3.14. The highest BCUT2D eigenvalue weighted by Gasteiger charge is 2.22. The van der Waals surface area contributed by atoms with Crippen LogP contribution in [0, 0.1) is 25.7 Å². The first-order valence-corrected chi connectivity index (χ1v) is 8.91. The molecule has 1 aliphatic rings. The molecule has 1 fully saturated rings. The molecule has 4 nitrogen and oxygen atoms in total. The van der Waals surface area contributed by atoms with E-state index >= 15 is 0 Å². The maximum Gasteiger partial charge on any atom is 0.410 e. The smallest absolute Gasteiger partial charge is 0.410 e. The predicted octanol–water partition coefficient (Wildman–Crippen LogP) is 3.61. The minimum atomic E-state index is -0.285. The molecule has 0 bridgehead atoms. The number of hydrogen-bond acceptors (Lipinski definition) is 3. The molecule has 2 aromatic rings. The quantitative estimate of drug-likeness (QED) is 0.777. The number of nitrogens with zero attached hydrogens (tertiary/aromatic N) is 2. The van der Waals surface area contributed by atoms with Crippen molar-refractivity contribution < 1.29 is 9.53 Å². The lowest BCUT2D eigenvalue weighted by Gasteiger charge is -2.36. The van der Waals surface area contributed by atoms with E-state index < -0.39 is 0 Å². The van der Waals surface area contributed by atoms with Gasteiger partial charge >= 0.3 is 6.09 Å². The van der Waals surface area contributed by atoms with Crippen molar-refractivity contribution in [1.29, 1.82) is 0 Å². The van der Waals surface area contributed by atoms with E-state index in [0.29, 0.717) is 13.1 Å². The van der Waals surface area contributed by atoms with Crippen LogP contribution in [0.5, 0.6) is 0 Å². The molecule has 0 aromatic heterocycles. The molecule has 1 saturated heterocycles. The SMILES string of the molecule is Cc1ccc(N2CCN(C(=O)OCC#Cc3ccccc3)CC2)c(C)c1. The fraction of sp³-hybridized carbons (Fsp3) is 0.318. The number of amides is 1. The van der Waals surface area contributed by atoms with Crippen molar-refractivity contribution in [2.24, 2.45) is 0 Å². The highest BCUT2D eigenvalue weighted by atomic mass is 16.6. The van der Waals surface area contributed by atoms with Crippen molar-refractivity contribution in [2.75, 3.05) is 37.7 Å². The Morgan fingerprint density at radius 3 is 2.46 bits per heavy atom. The molecule has 3 rings (SSSR count). The number of ether oxygens (including phenoxy) is 1. The number of piperazine rings is 1. The van der Waals surface area contributed by atoms with Crippen LogP contribution in [-0.2, 0) is 4.74 Å². The van der Waals surface area contributed by atoms with Crippen LogP contribution in [-0.4, -0.2) is 43.8 Å². The van der Waals surface area contributed by atoms with Gasteiger partial charge in [0, 0.05) is 37.4 Å². The second-order valence-corrected chi connectivity index (χ2v) is 6.49. The van der Waals surface area contributed by atoms with E-state index in [2.05, 4.69) is 48.8 Å². The van der Waals surface area contributed by atoms with E-state index in [4.69, 9.17) is 4.74 Å². The van der Waals surface area contributed by atoms with Crippen LogP contribution in [0.1, 0.15) is 16.7 Å². The largest absolute Gasteiger partial charge is 0.436 e. The number of rotatable bonds is 2. The molecule has 0 atom stereocenters. The topological polar surface area (TPSA) is 32.8 Å². The van der Waals surface area contributed by atoms with Gasteiger partial charge in [0.1, 0.15) is 0 Å². The molecule has 1 amide bonds. The fourth-order valence-electron chi connectivity index (χ4n) is 3.14. The molecule has 0 unspecified atom stereocenters. The van der Waals surface area contributed by atoms with E-state index in [1.165, 1.54) is 16.8 Å². The van der Waals surface area contributed by atoms with Crippen LogP contribution in [0.2, 0.25) is 0 Å². The van der Waals surface area contributed by atoms with Crippen LogP contribution >= 0.6 is 0 Å². The molecular formula is C22H24N2O2. The summed E-state index contributed by atoms with van der Waals surface area (Å²) in [5.74, 6) is 5.88. The number of benzene rings is 2. The number of anilines is 1. The second-order valence-electron chi connectivity index (χ2n) is 6.49. The summed E-state index contributed by atoms with van der Waals surface area (Å²) in [4.78, 5) is 16.3. The van der Waals surface area contributed by atoms with E-state index in [0.717, 1.165) is 18.7 Å². The van der Waals surface area contributed by atoms with Gasteiger partial charge in [0.2, 0.25) is 0 Å². The van der Waals surface area contributed by atoms with Crippen molar-refractivity contribution in [3.8, 4) is 11.8 Å². The van der Waals surface area contributed by atoms with Gasteiger partial charge in [0.05, 0.1) is 0 Å². The minimum absolute atomic E-state index is 0.116. The average molecular weight is 348 g/mol. The predicted molar refractivity (Wildman–Crippen MR) is 104 cm³/mol. The van der Waals surface area contributed by atoms with Crippen molar-refractivity contribution in [3.05, 3.63) is 65.2 Å². The van der Waals surface area contributed by atoms with Gasteiger partial charge in [-0.2, -0.15) is 0 Å². The van der Waals surface area contributed by atoms with Gasteiger partial charge in [0.25, 0.3) is 0 Å². The maximum absolute atomic E-state index is 12.2. The molecule has 0 spiro atoms. The minimum Gasteiger partial charge on any atom is -0.436 e. The van der Waals surface area contributed by atoms with Crippen LogP contribution in [0.4, 0.5) is 10.5 Å². The Morgan fingerprint density at radius 1 is 1.04 bits per heavy atom. The summed E-state index contributed by atoms with van der Waals surface area (Å²) in [5.41, 5.74) is 4.71. The molecule has 1 aliphatic heterocycles. The van der Waals surface area contributed by atoms with Gasteiger partial charge in [-0.25, -0.2) is 4.79 Å².